The molecule has 1 amide bonds. The molecular weight excluding hydrogens is 329 g/mol. The number of likely N-dealkylation sites (N-methyl/N-ethyl adjacent to an activating group) is 1. The van der Waals surface area contributed by atoms with Gasteiger partial charge in [0.25, 0.3) is 0 Å². The first kappa shape index (κ1) is 18.1. The number of esters is 1. The lowest BCUT2D eigenvalue weighted by Crippen LogP contribution is -2.50. The molecule has 1 atom stereocenters. The van der Waals surface area contributed by atoms with Crippen LogP contribution >= 0.6 is 0 Å². The molecule has 6 nitrogen and oxygen atoms in total. The topological polar surface area (TPSA) is 67.9 Å². The Balaban J connectivity index is 1.99. The first-order valence-corrected chi connectivity index (χ1v) is 7.35. The largest absolute Gasteiger partial charge is 0.573 e. The summed E-state index contributed by atoms with van der Waals surface area (Å²) in [4.78, 5) is 25.7. The van der Waals surface area contributed by atoms with Gasteiger partial charge in [0.05, 0.1) is 6.42 Å². The Labute approximate surface area is 136 Å². The molecule has 0 spiro atoms. The van der Waals surface area contributed by atoms with Crippen LogP contribution in [-0.4, -0.2) is 48.9 Å². The van der Waals surface area contributed by atoms with Crippen molar-refractivity contribution in [2.45, 2.75) is 25.7 Å². The van der Waals surface area contributed by atoms with Crippen LogP contribution < -0.4 is 10.1 Å². The predicted molar refractivity (Wildman–Crippen MR) is 78.4 cm³/mol. The number of nitrogens with zero attached hydrogens (tertiary/aromatic N) is 1. The minimum Gasteiger partial charge on any atom is -0.463 e. The van der Waals surface area contributed by atoms with E-state index >= 15 is 0 Å². The Bertz CT molecular complexity index is 607. The highest BCUT2D eigenvalue weighted by atomic mass is 19.4. The van der Waals surface area contributed by atoms with Crippen molar-refractivity contribution in [1.82, 2.24) is 4.90 Å². The third kappa shape index (κ3) is 5.12. The minimum atomic E-state index is -4.81. The van der Waals surface area contributed by atoms with Crippen molar-refractivity contribution < 1.29 is 32.2 Å². The smallest absolute Gasteiger partial charge is 0.463 e. The van der Waals surface area contributed by atoms with Crippen molar-refractivity contribution in [2.24, 2.45) is 0 Å². The molecule has 2 rings (SSSR count). The number of benzene rings is 1. The second-order valence-corrected chi connectivity index (χ2v) is 5.14. The molecule has 1 N–H and O–H groups in total. The summed E-state index contributed by atoms with van der Waals surface area (Å²) < 4.78 is 45.3. The lowest BCUT2D eigenvalue weighted by Gasteiger charge is -2.32. The molecule has 1 aliphatic rings. The van der Waals surface area contributed by atoms with Crippen molar-refractivity contribution >= 4 is 17.6 Å². The van der Waals surface area contributed by atoms with Crippen LogP contribution in [0.15, 0.2) is 24.3 Å². The number of amides is 1. The van der Waals surface area contributed by atoms with Gasteiger partial charge in [-0.1, -0.05) is 13.0 Å². The van der Waals surface area contributed by atoms with E-state index in [1.807, 2.05) is 11.8 Å². The molecule has 0 saturated carbocycles. The van der Waals surface area contributed by atoms with Crippen molar-refractivity contribution in [2.75, 3.05) is 25.0 Å². The monoisotopic (exact) mass is 346 g/mol. The van der Waals surface area contributed by atoms with E-state index in [2.05, 4.69) is 10.1 Å². The Morgan fingerprint density at radius 3 is 2.88 bits per heavy atom. The molecule has 0 radical (unpaired) electrons. The number of anilines is 1. The fourth-order valence-electron chi connectivity index (χ4n) is 2.41. The number of ether oxygens (including phenoxy) is 2. The van der Waals surface area contributed by atoms with Gasteiger partial charge in [-0.25, -0.2) is 0 Å². The van der Waals surface area contributed by atoms with Crippen molar-refractivity contribution in [3.63, 3.8) is 0 Å². The van der Waals surface area contributed by atoms with Gasteiger partial charge in [-0.05, 0) is 18.7 Å². The normalized spacial score (nSPS) is 18.8. The van der Waals surface area contributed by atoms with Crippen LogP contribution in [0.5, 0.6) is 5.75 Å². The standard InChI is InChI=1S/C15H17F3N2O4/c1-2-20-6-7-23-14(22)12(20)9-13(21)19-10-4-3-5-11(8-10)24-15(16,17)18/h3-5,8,12H,2,6-7,9H2,1H3,(H,19,21). The number of morpholine rings is 1. The molecule has 0 aromatic heterocycles. The summed E-state index contributed by atoms with van der Waals surface area (Å²) >= 11 is 0. The van der Waals surface area contributed by atoms with Crippen molar-refractivity contribution in [1.29, 1.82) is 0 Å². The maximum absolute atomic E-state index is 12.2. The summed E-state index contributed by atoms with van der Waals surface area (Å²) in [6.45, 7) is 3.26. The minimum absolute atomic E-state index is 0.142. The van der Waals surface area contributed by atoms with Gasteiger partial charge in [-0.2, -0.15) is 0 Å². The maximum atomic E-state index is 12.2. The zero-order chi connectivity index (χ0) is 17.7. The Morgan fingerprint density at radius 2 is 2.21 bits per heavy atom. The van der Waals surface area contributed by atoms with E-state index in [-0.39, 0.29) is 18.7 Å². The quantitative estimate of drug-likeness (QED) is 0.828. The Hall–Kier alpha value is -2.29. The summed E-state index contributed by atoms with van der Waals surface area (Å²) in [5.74, 6) is -1.42. The van der Waals surface area contributed by atoms with Crippen LogP contribution in [0.4, 0.5) is 18.9 Å². The van der Waals surface area contributed by atoms with Gasteiger partial charge >= 0.3 is 12.3 Å². The average Bonchev–Trinajstić information content (AvgIpc) is 2.48. The number of carbonyl (C=O) groups is 2. The third-order valence-electron chi connectivity index (χ3n) is 3.47. The first-order chi connectivity index (χ1) is 11.3. The van der Waals surface area contributed by atoms with Gasteiger partial charge in [-0.15, -0.1) is 13.2 Å². The van der Waals surface area contributed by atoms with E-state index in [0.29, 0.717) is 13.1 Å². The van der Waals surface area contributed by atoms with Crippen molar-refractivity contribution in [3.8, 4) is 5.75 Å². The molecule has 1 aliphatic heterocycles. The molecule has 0 aliphatic carbocycles. The van der Waals surface area contributed by atoms with Gasteiger partial charge in [0.15, 0.2) is 0 Å². The number of cyclic esters (lactones) is 1. The Morgan fingerprint density at radius 1 is 1.46 bits per heavy atom. The lowest BCUT2D eigenvalue weighted by molar-refractivity contribution is -0.274. The molecule has 0 bridgehead atoms. The van der Waals surface area contributed by atoms with Gasteiger partial charge < -0.3 is 14.8 Å². The fourth-order valence-corrected chi connectivity index (χ4v) is 2.41. The van der Waals surface area contributed by atoms with E-state index in [1.165, 1.54) is 12.1 Å². The van der Waals surface area contributed by atoms with Crippen LogP contribution in [-0.2, 0) is 14.3 Å². The highest BCUT2D eigenvalue weighted by molar-refractivity contribution is 5.94. The number of carbonyl (C=O) groups excluding carboxylic acids is 2. The SMILES string of the molecule is CCN1CCOC(=O)C1CC(=O)Nc1cccc(OC(F)(F)F)c1. The summed E-state index contributed by atoms with van der Waals surface area (Å²) in [7, 11) is 0. The number of hydrogen-bond donors (Lipinski definition) is 1. The Kier molecular flexibility index (Phi) is 5.66. The maximum Gasteiger partial charge on any atom is 0.573 e. The highest BCUT2D eigenvalue weighted by Crippen LogP contribution is 2.25. The second-order valence-electron chi connectivity index (χ2n) is 5.14. The highest BCUT2D eigenvalue weighted by Gasteiger charge is 2.33. The average molecular weight is 346 g/mol. The molecule has 1 unspecified atom stereocenters. The van der Waals surface area contributed by atoms with E-state index in [4.69, 9.17) is 4.74 Å². The molecule has 132 valence electrons. The van der Waals surface area contributed by atoms with Crippen molar-refractivity contribution in [3.05, 3.63) is 24.3 Å². The molecule has 1 saturated heterocycles. The predicted octanol–water partition coefficient (Wildman–Crippen LogP) is 2.16. The molecule has 9 heteroatoms. The van der Waals surface area contributed by atoms with Crippen LogP contribution in [0.3, 0.4) is 0 Å². The van der Waals surface area contributed by atoms with E-state index < -0.39 is 30.0 Å². The van der Waals surface area contributed by atoms with Crippen LogP contribution in [0.1, 0.15) is 13.3 Å². The molecule has 1 aromatic rings. The van der Waals surface area contributed by atoms with Crippen LogP contribution in [0.2, 0.25) is 0 Å². The van der Waals surface area contributed by atoms with Gasteiger partial charge in [0, 0.05) is 18.3 Å². The fraction of sp³-hybridized carbons (Fsp3) is 0.467. The summed E-state index contributed by atoms with van der Waals surface area (Å²) in [5.41, 5.74) is 0.147. The number of halogens is 3. The number of rotatable bonds is 5. The zero-order valence-corrected chi connectivity index (χ0v) is 12.9. The molecule has 1 fully saturated rings. The van der Waals surface area contributed by atoms with Gasteiger partial charge in [0.2, 0.25) is 5.91 Å². The van der Waals surface area contributed by atoms with E-state index in [0.717, 1.165) is 12.1 Å². The molecule has 24 heavy (non-hydrogen) atoms. The van der Waals surface area contributed by atoms with Crippen LogP contribution in [0.25, 0.3) is 0 Å². The number of hydrogen-bond acceptors (Lipinski definition) is 5. The van der Waals surface area contributed by atoms with Gasteiger partial charge in [0.1, 0.15) is 18.4 Å². The summed E-state index contributed by atoms with van der Waals surface area (Å²) in [6.07, 6.45) is -4.95. The third-order valence-corrected chi connectivity index (χ3v) is 3.47. The number of nitrogens with one attached hydrogen (secondary N) is 1. The number of alkyl halides is 3. The molecular formula is C15H17F3N2O4. The van der Waals surface area contributed by atoms with E-state index in [1.54, 1.807) is 0 Å². The second kappa shape index (κ2) is 7.52. The van der Waals surface area contributed by atoms with Gasteiger partial charge in [-0.3, -0.25) is 14.5 Å². The lowest BCUT2D eigenvalue weighted by atomic mass is 10.1. The first-order valence-electron chi connectivity index (χ1n) is 7.35. The molecule has 1 heterocycles. The summed E-state index contributed by atoms with van der Waals surface area (Å²) in [5, 5.41) is 2.46. The van der Waals surface area contributed by atoms with Crippen LogP contribution in [0, 0.1) is 0 Å². The van der Waals surface area contributed by atoms with E-state index in [9.17, 15) is 22.8 Å². The summed E-state index contributed by atoms with van der Waals surface area (Å²) in [6, 6.07) is 4.24. The zero-order valence-electron chi connectivity index (χ0n) is 12.9. The molecule has 1 aromatic carbocycles.